The van der Waals surface area contributed by atoms with Crippen molar-refractivity contribution in [3.8, 4) is 16.9 Å². The number of amides is 1. The highest BCUT2D eigenvalue weighted by atomic mass is 19.4. The summed E-state index contributed by atoms with van der Waals surface area (Å²) in [5.74, 6) is -1.00. The van der Waals surface area contributed by atoms with Crippen molar-refractivity contribution in [3.05, 3.63) is 46.9 Å². The van der Waals surface area contributed by atoms with E-state index in [4.69, 9.17) is 11.5 Å². The van der Waals surface area contributed by atoms with Gasteiger partial charge in [-0.15, -0.1) is 0 Å². The number of rotatable bonds is 2. The van der Waals surface area contributed by atoms with Gasteiger partial charge in [-0.1, -0.05) is 6.07 Å². The monoisotopic (exact) mass is 364 g/mol. The van der Waals surface area contributed by atoms with E-state index < -0.39 is 17.8 Å². The number of carbonyl (C=O) groups is 1. The number of primary amides is 1. The molecule has 0 aliphatic carbocycles. The minimum Gasteiger partial charge on any atom is -0.508 e. The predicted octanol–water partition coefficient (Wildman–Crippen LogP) is 3.02. The number of fused-ring (bicyclic) bond motifs is 1. The molecule has 136 valence electrons. The zero-order chi connectivity index (χ0) is 19.4. The lowest BCUT2D eigenvalue weighted by Crippen LogP contribution is -2.16. The largest absolute Gasteiger partial charge is 0.508 e. The average molecular weight is 364 g/mol. The first kappa shape index (κ1) is 17.6. The lowest BCUT2D eigenvalue weighted by atomic mass is 9.93. The van der Waals surface area contributed by atoms with Gasteiger partial charge in [0.05, 0.1) is 5.69 Å². The molecular weight excluding hydrogens is 349 g/mol. The van der Waals surface area contributed by atoms with Crippen molar-refractivity contribution >= 4 is 17.2 Å². The van der Waals surface area contributed by atoms with Gasteiger partial charge in [0.1, 0.15) is 11.3 Å². The minimum atomic E-state index is -4.69. The van der Waals surface area contributed by atoms with E-state index in [0.29, 0.717) is 11.1 Å². The summed E-state index contributed by atoms with van der Waals surface area (Å²) in [4.78, 5) is 15.3. The van der Waals surface area contributed by atoms with E-state index in [1.807, 2.05) is 0 Å². The van der Waals surface area contributed by atoms with Gasteiger partial charge in [-0.2, -0.15) is 13.2 Å². The molecule has 2 heterocycles. The Balaban J connectivity index is 2.44. The van der Waals surface area contributed by atoms with Crippen molar-refractivity contribution in [1.82, 2.24) is 9.38 Å². The number of aryl methyl sites for hydroxylation is 1. The molecule has 0 radical (unpaired) electrons. The number of alkyl halides is 3. The van der Waals surface area contributed by atoms with E-state index in [1.54, 1.807) is 19.9 Å². The normalized spacial score (nSPS) is 11.9. The molecule has 2 aromatic heterocycles. The van der Waals surface area contributed by atoms with Crippen LogP contribution in [0.25, 0.3) is 16.8 Å². The smallest absolute Gasteiger partial charge is 0.434 e. The van der Waals surface area contributed by atoms with Gasteiger partial charge in [-0.3, -0.25) is 4.79 Å². The number of nitrogen functional groups attached to an aromatic ring is 1. The van der Waals surface area contributed by atoms with Gasteiger partial charge in [0.25, 0.3) is 5.91 Å². The average Bonchev–Trinajstić information content (AvgIpc) is 2.95. The Hall–Kier alpha value is -3.23. The zero-order valence-corrected chi connectivity index (χ0v) is 13.8. The molecule has 6 nitrogen and oxygen atoms in total. The third-order valence-corrected chi connectivity index (χ3v) is 4.23. The van der Waals surface area contributed by atoms with Crippen LogP contribution in [0.15, 0.2) is 24.5 Å². The summed E-state index contributed by atoms with van der Waals surface area (Å²) in [6.07, 6.45) is -2.58. The third kappa shape index (κ3) is 2.61. The Morgan fingerprint density at radius 3 is 2.46 bits per heavy atom. The number of hydrogen-bond donors (Lipinski definition) is 3. The van der Waals surface area contributed by atoms with Crippen molar-refractivity contribution in [2.24, 2.45) is 5.73 Å². The molecule has 0 aliphatic rings. The maximum Gasteiger partial charge on any atom is 0.434 e. The number of hydrogen-bond acceptors (Lipinski definition) is 4. The molecule has 9 heteroatoms. The fourth-order valence-corrected chi connectivity index (χ4v) is 2.97. The standard InChI is InChI=1S/C17H15F3N4O2/c1-7-3-4-10(25)8(2)12(7)9-5-24-6-11(17(18,19)20)23-16(24)13(14(9)21)15(22)26/h3-6,25H,21H2,1-2H3,(H2,22,26). The van der Waals surface area contributed by atoms with Crippen LogP contribution >= 0.6 is 0 Å². The fraction of sp³-hybridized carbons (Fsp3) is 0.176. The number of benzene rings is 1. The number of pyridine rings is 1. The van der Waals surface area contributed by atoms with Crippen molar-refractivity contribution in [2.75, 3.05) is 5.73 Å². The zero-order valence-electron chi connectivity index (χ0n) is 13.8. The number of phenols is 1. The number of aromatic hydroxyl groups is 1. The molecule has 0 fully saturated rings. The predicted molar refractivity (Wildman–Crippen MR) is 89.7 cm³/mol. The van der Waals surface area contributed by atoms with Gasteiger partial charge in [0.15, 0.2) is 11.3 Å². The van der Waals surface area contributed by atoms with Crippen LogP contribution in [-0.2, 0) is 6.18 Å². The lowest BCUT2D eigenvalue weighted by molar-refractivity contribution is -0.140. The van der Waals surface area contributed by atoms with Crippen LogP contribution in [-0.4, -0.2) is 20.4 Å². The fourth-order valence-electron chi connectivity index (χ4n) is 2.97. The highest BCUT2D eigenvalue weighted by Crippen LogP contribution is 2.39. The van der Waals surface area contributed by atoms with Crippen LogP contribution in [0.5, 0.6) is 5.75 Å². The number of phenolic OH excluding ortho intramolecular Hbond substituents is 1. The van der Waals surface area contributed by atoms with Crippen LogP contribution in [0.1, 0.15) is 27.2 Å². The maximum atomic E-state index is 13.0. The Morgan fingerprint density at radius 1 is 1.23 bits per heavy atom. The number of carbonyl (C=O) groups excluding carboxylic acids is 1. The van der Waals surface area contributed by atoms with E-state index in [2.05, 4.69) is 4.98 Å². The summed E-state index contributed by atoms with van der Waals surface area (Å²) in [7, 11) is 0. The molecule has 5 N–H and O–H groups in total. The third-order valence-electron chi connectivity index (χ3n) is 4.23. The van der Waals surface area contributed by atoms with Crippen molar-refractivity contribution in [2.45, 2.75) is 20.0 Å². The van der Waals surface area contributed by atoms with Gasteiger partial charge in [-0.25, -0.2) is 4.98 Å². The second-order valence-corrected chi connectivity index (χ2v) is 5.95. The second-order valence-electron chi connectivity index (χ2n) is 5.95. The van der Waals surface area contributed by atoms with Crippen LogP contribution < -0.4 is 11.5 Å². The van der Waals surface area contributed by atoms with Gasteiger partial charge < -0.3 is 21.0 Å². The van der Waals surface area contributed by atoms with Gasteiger partial charge in [-0.05, 0) is 36.6 Å². The minimum absolute atomic E-state index is 0.00710. The Morgan fingerprint density at radius 2 is 1.88 bits per heavy atom. The van der Waals surface area contributed by atoms with E-state index in [0.717, 1.165) is 16.2 Å². The number of nitrogens with two attached hydrogens (primary N) is 2. The van der Waals surface area contributed by atoms with Crippen LogP contribution in [0.3, 0.4) is 0 Å². The topological polar surface area (TPSA) is 107 Å². The molecule has 0 aliphatic heterocycles. The number of anilines is 1. The first-order valence-electron chi connectivity index (χ1n) is 7.50. The van der Waals surface area contributed by atoms with Gasteiger partial charge in [0.2, 0.25) is 0 Å². The number of nitrogens with zero attached hydrogens (tertiary/aromatic N) is 2. The molecular formula is C17H15F3N4O2. The van der Waals surface area contributed by atoms with Crippen molar-refractivity contribution in [1.29, 1.82) is 0 Å². The summed E-state index contributed by atoms with van der Waals surface area (Å²) >= 11 is 0. The summed E-state index contributed by atoms with van der Waals surface area (Å²) in [5.41, 5.74) is 11.6. The van der Waals surface area contributed by atoms with Crippen LogP contribution in [0.2, 0.25) is 0 Å². The van der Waals surface area contributed by atoms with Gasteiger partial charge >= 0.3 is 6.18 Å². The molecule has 3 aromatic rings. The summed E-state index contributed by atoms with van der Waals surface area (Å²) < 4.78 is 40.1. The molecule has 0 spiro atoms. The van der Waals surface area contributed by atoms with E-state index >= 15 is 0 Å². The molecule has 0 atom stereocenters. The summed E-state index contributed by atoms with van der Waals surface area (Å²) in [6.45, 7) is 3.39. The molecule has 1 aromatic carbocycles. The first-order valence-corrected chi connectivity index (χ1v) is 7.50. The SMILES string of the molecule is Cc1ccc(O)c(C)c1-c1cn2cc(C(F)(F)F)nc2c(C(N)=O)c1N. The molecule has 0 saturated carbocycles. The van der Waals surface area contributed by atoms with E-state index in [-0.39, 0.29) is 28.2 Å². The Labute approximate surface area is 145 Å². The molecule has 0 unspecified atom stereocenters. The highest BCUT2D eigenvalue weighted by Gasteiger charge is 2.35. The highest BCUT2D eigenvalue weighted by molar-refractivity contribution is 6.07. The Kier molecular flexibility index (Phi) is 3.82. The number of imidazole rings is 1. The molecule has 3 rings (SSSR count). The molecule has 26 heavy (non-hydrogen) atoms. The van der Waals surface area contributed by atoms with Crippen LogP contribution in [0, 0.1) is 13.8 Å². The lowest BCUT2D eigenvalue weighted by Gasteiger charge is -2.16. The van der Waals surface area contributed by atoms with Crippen molar-refractivity contribution in [3.63, 3.8) is 0 Å². The second kappa shape index (κ2) is 5.65. The molecule has 0 bridgehead atoms. The quantitative estimate of drug-likeness (QED) is 0.650. The number of halogens is 3. The molecule has 0 saturated heterocycles. The summed E-state index contributed by atoms with van der Waals surface area (Å²) in [5, 5.41) is 9.98. The first-order chi connectivity index (χ1) is 12.0. The Bertz CT molecular complexity index is 1050. The van der Waals surface area contributed by atoms with E-state index in [9.17, 15) is 23.1 Å². The molecule has 1 amide bonds. The van der Waals surface area contributed by atoms with Gasteiger partial charge in [0, 0.05) is 18.0 Å². The number of aromatic nitrogens is 2. The summed E-state index contributed by atoms with van der Waals surface area (Å²) in [6, 6.07) is 3.14. The van der Waals surface area contributed by atoms with Crippen LogP contribution in [0.4, 0.5) is 18.9 Å². The van der Waals surface area contributed by atoms with Crippen molar-refractivity contribution < 1.29 is 23.1 Å². The maximum absolute atomic E-state index is 13.0. The van der Waals surface area contributed by atoms with E-state index in [1.165, 1.54) is 12.3 Å².